The zero-order chi connectivity index (χ0) is 59.9. The van der Waals surface area contributed by atoms with Gasteiger partial charge in [0.25, 0.3) is 0 Å². The van der Waals surface area contributed by atoms with E-state index in [1.54, 1.807) is 0 Å². The van der Waals surface area contributed by atoms with Gasteiger partial charge in [-0.1, -0.05) is 103 Å². The van der Waals surface area contributed by atoms with Gasteiger partial charge in [-0.05, 0) is 60.7 Å². The third-order valence-corrected chi connectivity index (χ3v) is 16.0. The average Bonchev–Trinajstić information content (AvgIpc) is 3.39. The lowest BCUT2D eigenvalue weighted by Crippen LogP contribution is -2.75. The van der Waals surface area contributed by atoms with Crippen LogP contribution in [-0.4, -0.2) is 18.6 Å². The Labute approximate surface area is 442 Å². The van der Waals surface area contributed by atoms with Crippen LogP contribution >= 0.6 is 19.1 Å². The number of alkyl halides is 25. The van der Waals surface area contributed by atoms with Gasteiger partial charge < -0.3 is 0 Å². The lowest BCUT2D eigenvalue weighted by atomic mass is 9.12. The van der Waals surface area contributed by atoms with E-state index in [2.05, 4.69) is 72.8 Å². The maximum atomic E-state index is 14.2. The van der Waals surface area contributed by atoms with Crippen LogP contribution in [0.15, 0.2) is 164 Å². The van der Waals surface area contributed by atoms with Crippen LogP contribution in [0, 0.1) is 0 Å². The SMILES string of the molecule is ClCCO[P+](c1ccccc1)(c1ccccc1)c1ccccc1.FC(F)(F)c1cc([B-](c2cc(C(F)(F)F)cc(C(F)(F)F)c2)(c2cc(C(F)(F)F)cc(C(F)(F)F)c2)c2cc(C(F)(F)F)cc(C(F)(F)F)c2)cc(C(F)(F)F)c1. The Bertz CT molecular complexity index is 2720. The Hall–Kier alpha value is -6.40. The number of hydrogen-bond donors (Lipinski definition) is 0. The summed E-state index contributed by atoms with van der Waals surface area (Å²) in [6.07, 6.45) is -54.8. The second-order valence-corrected chi connectivity index (χ2v) is 20.8. The van der Waals surface area contributed by atoms with Crippen LogP contribution in [0.2, 0.25) is 0 Å². The molecule has 0 atom stereocenters. The molecular weight excluding hydrogens is 1170 g/mol. The smallest absolute Gasteiger partial charge is 0.220 e. The highest BCUT2D eigenvalue weighted by Gasteiger charge is 2.49. The fraction of sp³-hybridized carbons (Fsp3) is 0.192. The van der Waals surface area contributed by atoms with Crippen molar-refractivity contribution in [3.63, 3.8) is 0 Å². The van der Waals surface area contributed by atoms with Gasteiger partial charge in [-0.3, -0.25) is 0 Å². The summed E-state index contributed by atoms with van der Waals surface area (Å²) < 4.78 is 347. The van der Waals surface area contributed by atoms with E-state index in [-0.39, 0.29) is 0 Å². The van der Waals surface area contributed by atoms with Crippen molar-refractivity contribution < 1.29 is 110 Å². The van der Waals surface area contributed by atoms with Gasteiger partial charge in [-0.15, -0.1) is 11.6 Å². The molecule has 0 N–H and O–H groups in total. The van der Waals surface area contributed by atoms with Crippen molar-refractivity contribution in [1.29, 1.82) is 0 Å². The van der Waals surface area contributed by atoms with Crippen molar-refractivity contribution in [3.05, 3.63) is 208 Å². The molecule has 0 heterocycles. The maximum absolute atomic E-state index is 14.2. The molecule has 0 aliphatic carbocycles. The van der Waals surface area contributed by atoms with Crippen LogP contribution in [0.25, 0.3) is 0 Å². The summed E-state index contributed by atoms with van der Waals surface area (Å²) in [6, 6.07) is 22.6. The highest BCUT2D eigenvalue weighted by Crippen LogP contribution is 2.56. The molecule has 7 aromatic carbocycles. The molecule has 28 heteroatoms. The lowest BCUT2D eigenvalue weighted by molar-refractivity contribution is -0.144. The third kappa shape index (κ3) is 13.8. The number of rotatable bonds is 10. The van der Waals surface area contributed by atoms with Crippen LogP contribution in [0.4, 0.5) is 105 Å². The van der Waals surface area contributed by atoms with Crippen LogP contribution in [0.3, 0.4) is 0 Å². The molecule has 0 unspecified atom stereocenters. The van der Waals surface area contributed by atoms with Crippen LogP contribution in [0.1, 0.15) is 44.5 Å². The van der Waals surface area contributed by atoms with Gasteiger partial charge in [-0.2, -0.15) is 127 Å². The van der Waals surface area contributed by atoms with Crippen molar-refractivity contribution in [2.45, 2.75) is 49.4 Å². The molecule has 0 saturated carbocycles. The summed E-state index contributed by atoms with van der Waals surface area (Å²) in [5, 5.41) is 3.63. The predicted molar refractivity (Wildman–Crippen MR) is 252 cm³/mol. The van der Waals surface area contributed by atoms with Crippen molar-refractivity contribution in [3.8, 4) is 0 Å². The lowest BCUT2D eigenvalue weighted by Gasteiger charge is -2.46. The van der Waals surface area contributed by atoms with E-state index < -0.39 is 202 Å². The van der Waals surface area contributed by atoms with Crippen LogP contribution in [-0.2, 0) is 53.9 Å². The summed E-state index contributed by atoms with van der Waals surface area (Å²) in [5.74, 6) is 0.480. The first-order chi connectivity index (χ1) is 36.6. The molecule has 0 aromatic heterocycles. The van der Waals surface area contributed by atoms with Gasteiger partial charge >= 0.3 is 49.4 Å². The molecule has 0 radical (unpaired) electrons. The first kappa shape index (κ1) is 62.8. The van der Waals surface area contributed by atoms with Gasteiger partial charge in [-0.25, -0.2) is 4.52 Å². The summed E-state index contributed by atoms with van der Waals surface area (Å²) in [6.45, 7) is 0.522. The van der Waals surface area contributed by atoms with E-state index in [4.69, 9.17) is 16.1 Å². The Morgan fingerprint density at radius 2 is 0.463 bits per heavy atom. The van der Waals surface area contributed by atoms with Crippen molar-refractivity contribution in [2.75, 3.05) is 12.5 Å². The van der Waals surface area contributed by atoms with E-state index in [0.29, 0.717) is 12.5 Å². The number of hydrogen-bond acceptors (Lipinski definition) is 1. The second kappa shape index (κ2) is 22.5. The molecule has 0 amide bonds. The number of halogens is 25. The molecule has 7 aromatic rings. The first-order valence-corrected chi connectivity index (χ1v) is 24.5. The minimum atomic E-state index is -6.13. The largest absolute Gasteiger partial charge is 0.416 e. The monoisotopic (exact) mass is 1200 g/mol. The Morgan fingerprint density at radius 3 is 0.613 bits per heavy atom. The zero-order valence-electron chi connectivity index (χ0n) is 39.4. The summed E-state index contributed by atoms with van der Waals surface area (Å²) >= 11 is 5.96. The molecule has 0 aliphatic rings. The summed E-state index contributed by atoms with van der Waals surface area (Å²) in [7, 11) is -2.15. The highest BCUT2D eigenvalue weighted by atomic mass is 35.5. The normalized spacial score (nSPS) is 13.5. The first-order valence-electron chi connectivity index (χ1n) is 22.3. The zero-order valence-corrected chi connectivity index (χ0v) is 41.0. The van der Waals surface area contributed by atoms with Gasteiger partial charge in [0.2, 0.25) is 7.49 Å². The molecule has 80 heavy (non-hydrogen) atoms. The molecule has 7 rings (SSSR count). The van der Waals surface area contributed by atoms with Gasteiger partial charge in [0, 0.05) is 0 Å². The Balaban J connectivity index is 0.000000370. The standard InChI is InChI=1S/C32H12BF24.C20H19ClOP/c34-25(35,36)13-1-14(26(37,38)39)6-21(5-13)33(22-7-15(27(40,41)42)2-16(8-22)28(43,44)45,23-9-17(29(46,47)48)3-18(10-23)30(49,50)51)24-11-19(31(52,53)54)4-20(12-24)32(55,56)57;21-16-17-22-23(18-10-4-1-5-11-18,19-12-6-2-7-13-19)20-14-8-3-9-15-20/h1-12H;1-15H,16-17H2/q-1;+1. The number of benzene rings is 7. The van der Waals surface area contributed by atoms with Crippen LogP contribution in [0.5, 0.6) is 0 Å². The fourth-order valence-electron chi connectivity index (χ4n) is 8.83. The van der Waals surface area contributed by atoms with Crippen molar-refractivity contribution in [1.82, 2.24) is 0 Å². The minimum Gasteiger partial charge on any atom is -0.220 e. The Kier molecular flexibility index (Phi) is 17.7. The van der Waals surface area contributed by atoms with E-state index in [9.17, 15) is 105 Å². The van der Waals surface area contributed by atoms with Gasteiger partial charge in [0.15, 0.2) is 0 Å². The summed E-state index contributed by atoms with van der Waals surface area (Å²) in [5.41, 5.74) is -30.2. The van der Waals surface area contributed by atoms with Crippen molar-refractivity contribution >= 4 is 63.0 Å². The van der Waals surface area contributed by atoms with E-state index >= 15 is 0 Å². The van der Waals surface area contributed by atoms with Gasteiger partial charge in [0.05, 0.1) is 50.4 Å². The molecule has 0 aliphatic heterocycles. The van der Waals surface area contributed by atoms with E-state index in [1.165, 1.54) is 15.9 Å². The molecular formula is C52H31BClF24OP. The summed E-state index contributed by atoms with van der Waals surface area (Å²) in [4.78, 5) is 0. The molecule has 0 bridgehead atoms. The third-order valence-electron chi connectivity index (χ3n) is 12.2. The highest BCUT2D eigenvalue weighted by molar-refractivity contribution is 7.91. The van der Waals surface area contributed by atoms with Crippen molar-refractivity contribution in [2.24, 2.45) is 0 Å². The topological polar surface area (TPSA) is 9.23 Å². The quantitative estimate of drug-likeness (QED) is 0.0574. The maximum Gasteiger partial charge on any atom is 0.416 e. The molecule has 0 saturated heterocycles. The van der Waals surface area contributed by atoms with E-state index in [1.807, 2.05) is 18.2 Å². The Morgan fingerprint density at radius 1 is 0.287 bits per heavy atom. The molecule has 1 nitrogen and oxygen atoms in total. The van der Waals surface area contributed by atoms with E-state index in [0.717, 1.165) is 0 Å². The van der Waals surface area contributed by atoms with Gasteiger partial charge in [0.1, 0.15) is 28.7 Å². The molecule has 428 valence electrons. The minimum absolute atomic E-state index is 0.480. The predicted octanol–water partition coefficient (Wildman–Crippen LogP) is 15.4. The average molecular weight is 1210 g/mol. The van der Waals surface area contributed by atoms with Crippen LogP contribution < -0.4 is 37.8 Å². The molecule has 0 spiro atoms. The molecule has 0 fully saturated rings. The fourth-order valence-corrected chi connectivity index (χ4v) is 12.5. The second-order valence-electron chi connectivity index (χ2n) is 17.4.